The molecule has 0 spiro atoms. The van der Waals surface area contributed by atoms with Crippen molar-refractivity contribution in [3.8, 4) is 101 Å². The fourth-order valence-electron chi connectivity index (χ4n) is 14.5. The van der Waals surface area contributed by atoms with Gasteiger partial charge >= 0.3 is 0 Å². The van der Waals surface area contributed by atoms with Gasteiger partial charge in [-0.25, -0.2) is 34.9 Å². The van der Waals surface area contributed by atoms with Crippen LogP contribution in [0.25, 0.3) is 210 Å². The molecule has 0 radical (unpaired) electrons. The Morgan fingerprint density at radius 2 is 0.425 bits per heavy atom. The van der Waals surface area contributed by atoms with Gasteiger partial charge in [-0.15, -0.1) is 0 Å². The lowest BCUT2D eigenvalue weighted by atomic mass is 10.00. The van der Waals surface area contributed by atoms with Crippen LogP contribution in [0, 0.1) is 0 Å². The summed E-state index contributed by atoms with van der Waals surface area (Å²) >= 11 is 0. The molecule has 21 rings (SSSR count). The van der Waals surface area contributed by atoms with Gasteiger partial charge in [0.15, 0.2) is 0 Å². The van der Waals surface area contributed by atoms with Crippen LogP contribution in [0.1, 0.15) is 0 Å². The summed E-state index contributed by atoms with van der Waals surface area (Å²) in [5, 5.41) is 10.9. The van der Waals surface area contributed by atoms with Crippen LogP contribution in [-0.2, 0) is 0 Å². The minimum Gasteiger partial charge on any atom is -0.256 e. The molecule has 10 aromatic heterocycles. The number of fused-ring (bicyclic) bond motifs is 12. The van der Waals surface area contributed by atoms with Crippen LogP contribution in [0.15, 0.2) is 352 Å². The number of aromatic nitrogens is 10. The Bertz CT molecular complexity index is 7090. The maximum atomic E-state index is 5.16. The predicted molar refractivity (Wildman–Crippen MR) is 435 cm³/mol. The Morgan fingerprint density at radius 3 is 0.849 bits per heavy atom. The first-order valence-electron chi connectivity index (χ1n) is 35.4. The SMILES string of the molecule is c1ccc(-c2ccc3ccc4ccc(-c5ccc(-c6ccc7ccc(-c8ccc9ccc(-c%10cnc%11ccccc%11c%10)nc9c8)nc7c6)cc5)nc4c3n2)cc1.c1ccc2ncc(-c3ccc4ccc(-c5ccc6ccc(-c7ccc(-c8ccc9ccc%10cccnc%10c9n8)cc7)cc6n5)cc4n3)cc2c1. The molecule has 0 unspecified atom stereocenters. The van der Waals surface area contributed by atoms with Crippen LogP contribution in [0.4, 0.5) is 0 Å². The molecule has 0 N–H and O–H groups in total. The van der Waals surface area contributed by atoms with Crippen molar-refractivity contribution in [2.24, 2.45) is 0 Å². The summed E-state index contributed by atoms with van der Waals surface area (Å²) in [6, 6.07) is 116. The zero-order valence-electron chi connectivity index (χ0n) is 57.0. The lowest BCUT2D eigenvalue weighted by Gasteiger charge is -2.10. The van der Waals surface area contributed by atoms with Gasteiger partial charge in [0.05, 0.1) is 95.0 Å². The van der Waals surface area contributed by atoms with E-state index in [9.17, 15) is 0 Å². The van der Waals surface area contributed by atoms with Gasteiger partial charge in [-0.05, 0) is 119 Å². The third kappa shape index (κ3) is 11.6. The number of para-hydroxylation sites is 2. The highest BCUT2D eigenvalue weighted by molar-refractivity contribution is 6.05. The van der Waals surface area contributed by atoms with Gasteiger partial charge in [0.2, 0.25) is 0 Å². The molecule has 0 aliphatic carbocycles. The van der Waals surface area contributed by atoms with E-state index < -0.39 is 0 Å². The normalized spacial score (nSPS) is 11.6. The molecule has 0 fully saturated rings. The Kier molecular flexibility index (Phi) is 15.0. The fourth-order valence-corrected chi connectivity index (χ4v) is 14.5. The molecule has 0 aliphatic rings. The molecular formula is C96H58N10. The van der Waals surface area contributed by atoms with Gasteiger partial charge < -0.3 is 0 Å². The molecule has 0 saturated heterocycles. The quantitative estimate of drug-likeness (QED) is 0.129. The van der Waals surface area contributed by atoms with Crippen molar-refractivity contribution >= 4 is 109 Å². The van der Waals surface area contributed by atoms with E-state index in [1.165, 1.54) is 0 Å². The average molecular weight is 1350 g/mol. The summed E-state index contributed by atoms with van der Waals surface area (Å²) in [7, 11) is 0. The zero-order chi connectivity index (χ0) is 70.0. The maximum absolute atomic E-state index is 5.16. The van der Waals surface area contributed by atoms with E-state index >= 15 is 0 Å². The molecule has 492 valence electrons. The van der Waals surface area contributed by atoms with Crippen molar-refractivity contribution < 1.29 is 0 Å². The maximum Gasteiger partial charge on any atom is 0.0972 e. The molecule has 10 nitrogen and oxygen atoms in total. The molecule has 21 aromatic rings. The third-order valence-corrected chi connectivity index (χ3v) is 20.2. The van der Waals surface area contributed by atoms with Crippen LogP contribution < -0.4 is 0 Å². The predicted octanol–water partition coefficient (Wildman–Crippen LogP) is 23.9. The number of pyridine rings is 10. The van der Waals surface area contributed by atoms with Crippen LogP contribution in [-0.4, -0.2) is 49.8 Å². The molecule has 0 bridgehead atoms. The number of hydrogen-bond acceptors (Lipinski definition) is 10. The van der Waals surface area contributed by atoms with E-state index in [2.05, 4.69) is 288 Å². The molecule has 0 aliphatic heterocycles. The Morgan fingerprint density at radius 1 is 0.142 bits per heavy atom. The number of hydrogen-bond donors (Lipinski definition) is 0. The minimum atomic E-state index is 0.898. The second-order valence-corrected chi connectivity index (χ2v) is 26.8. The van der Waals surface area contributed by atoms with Crippen molar-refractivity contribution in [3.05, 3.63) is 352 Å². The smallest absolute Gasteiger partial charge is 0.0972 e. The summed E-state index contributed by atoms with van der Waals surface area (Å²) in [6.45, 7) is 0. The Labute approximate surface area is 608 Å². The van der Waals surface area contributed by atoms with Crippen LogP contribution in [0.3, 0.4) is 0 Å². The lowest BCUT2D eigenvalue weighted by molar-refractivity contribution is 1.35. The highest BCUT2D eigenvalue weighted by atomic mass is 14.8. The van der Waals surface area contributed by atoms with E-state index in [4.69, 9.17) is 34.9 Å². The topological polar surface area (TPSA) is 129 Å². The van der Waals surface area contributed by atoms with Gasteiger partial charge in [-0.1, -0.05) is 237 Å². The Hall–Kier alpha value is -14.5. The second-order valence-electron chi connectivity index (χ2n) is 26.8. The van der Waals surface area contributed by atoms with Crippen molar-refractivity contribution in [2.75, 3.05) is 0 Å². The van der Waals surface area contributed by atoms with Gasteiger partial charge in [0.25, 0.3) is 0 Å². The van der Waals surface area contributed by atoms with E-state index in [-0.39, 0.29) is 0 Å². The average Bonchev–Trinajstić information content (AvgIpc) is 0.765. The van der Waals surface area contributed by atoms with E-state index in [1.807, 2.05) is 79.3 Å². The van der Waals surface area contributed by atoms with Gasteiger partial charge in [-0.3, -0.25) is 15.0 Å². The summed E-state index contributed by atoms with van der Waals surface area (Å²) < 4.78 is 0. The lowest BCUT2D eigenvalue weighted by Crippen LogP contribution is -1.91. The standard InChI is InChI=1S/C51H31N5.C45H27N5/c1-2-6-33(7-3-1)44-26-22-37-16-17-38-23-27-45(56-51(38)50(37)55-44)34-12-10-32(11-13-34)39-18-14-35-20-24-46(53-48(35)29-39)41-19-15-36-21-25-47(54-49(36)30-41)42-28-40-8-4-5-9-43(40)52-31-42;1-2-6-38-35(4-1)24-37(27-47-38)41-21-18-31-12-16-36(26-43(31)49-41)40-20-17-30-11-15-34(25-42(30)48-40)28-7-9-29(10-8-28)39-22-19-33-14-13-32-5-3-23-46-44(32)45(33)50-39/h1-31H;1-27H. The first-order valence-corrected chi connectivity index (χ1v) is 35.4. The van der Waals surface area contributed by atoms with Crippen LogP contribution >= 0.6 is 0 Å². The zero-order valence-corrected chi connectivity index (χ0v) is 57.0. The second kappa shape index (κ2) is 25.8. The van der Waals surface area contributed by atoms with Gasteiger partial charge in [0.1, 0.15) is 0 Å². The van der Waals surface area contributed by atoms with Crippen molar-refractivity contribution in [2.45, 2.75) is 0 Å². The molecule has 0 atom stereocenters. The third-order valence-electron chi connectivity index (χ3n) is 20.2. The van der Waals surface area contributed by atoms with E-state index in [0.29, 0.717) is 0 Å². The van der Waals surface area contributed by atoms with Crippen LogP contribution in [0.2, 0.25) is 0 Å². The van der Waals surface area contributed by atoms with Crippen molar-refractivity contribution in [1.82, 2.24) is 49.8 Å². The molecule has 10 heterocycles. The molecule has 10 heteroatoms. The molecule has 0 amide bonds. The van der Waals surface area contributed by atoms with Crippen LogP contribution in [0.5, 0.6) is 0 Å². The highest BCUT2D eigenvalue weighted by Gasteiger charge is 2.15. The monoisotopic (exact) mass is 1350 g/mol. The fraction of sp³-hybridized carbons (Fsp3) is 0. The molecule has 0 saturated carbocycles. The Balaban J connectivity index is 0.000000141. The molecule has 106 heavy (non-hydrogen) atoms. The number of nitrogens with zero attached hydrogens (tertiary/aromatic N) is 10. The minimum absolute atomic E-state index is 0.898. The van der Waals surface area contributed by atoms with E-state index in [1.54, 1.807) is 0 Å². The van der Waals surface area contributed by atoms with Crippen molar-refractivity contribution in [1.29, 1.82) is 0 Å². The first-order chi connectivity index (χ1) is 52.4. The first kappa shape index (κ1) is 61.4. The summed E-state index contributed by atoms with van der Waals surface area (Å²) in [6.07, 6.45) is 5.62. The highest BCUT2D eigenvalue weighted by Crippen LogP contribution is 2.36. The molecule has 11 aromatic carbocycles. The largest absolute Gasteiger partial charge is 0.256 e. The number of benzene rings is 11. The van der Waals surface area contributed by atoms with Crippen molar-refractivity contribution in [3.63, 3.8) is 0 Å². The summed E-state index contributed by atoms with van der Waals surface area (Å²) in [4.78, 5) is 49.5. The van der Waals surface area contributed by atoms with Gasteiger partial charge in [-0.2, -0.15) is 0 Å². The summed E-state index contributed by atoms with van der Waals surface area (Å²) in [5.41, 5.74) is 27.5. The summed E-state index contributed by atoms with van der Waals surface area (Å²) in [5.74, 6) is 0. The number of rotatable bonds is 9. The van der Waals surface area contributed by atoms with Gasteiger partial charge in [0, 0.05) is 111 Å². The van der Waals surface area contributed by atoms with E-state index in [0.717, 1.165) is 210 Å². The molecular weight excluding hydrogens is 1290 g/mol.